The number of anilines is 2. The third-order valence-electron chi connectivity index (χ3n) is 4.92. The van der Waals surface area contributed by atoms with Crippen molar-refractivity contribution < 1.29 is 18.0 Å². The van der Waals surface area contributed by atoms with Crippen LogP contribution < -0.4 is 10.6 Å². The Labute approximate surface area is 213 Å². The molecule has 0 radical (unpaired) electrons. The fourth-order valence-electron chi connectivity index (χ4n) is 3.35. The van der Waals surface area contributed by atoms with Crippen molar-refractivity contribution in [1.82, 2.24) is 14.5 Å². The molecule has 2 aromatic carbocycles. The summed E-state index contributed by atoms with van der Waals surface area (Å²) in [6.45, 7) is 8.22. The van der Waals surface area contributed by atoms with Crippen LogP contribution in [0.1, 0.15) is 35.3 Å². The molecule has 0 atom stereocenters. The molecule has 2 N–H and O–H groups in total. The van der Waals surface area contributed by atoms with Crippen molar-refractivity contribution in [2.75, 3.05) is 29.5 Å². The van der Waals surface area contributed by atoms with Crippen LogP contribution in [-0.4, -0.2) is 53.6 Å². The van der Waals surface area contributed by atoms with Gasteiger partial charge in [0.1, 0.15) is 0 Å². The van der Waals surface area contributed by atoms with Gasteiger partial charge in [0.05, 0.1) is 10.6 Å². The maximum absolute atomic E-state index is 12.6. The highest BCUT2D eigenvalue weighted by Gasteiger charge is 2.22. The van der Waals surface area contributed by atoms with Gasteiger partial charge < -0.3 is 5.32 Å². The van der Waals surface area contributed by atoms with Crippen LogP contribution >= 0.6 is 23.1 Å². The minimum absolute atomic E-state index is 0.131. The van der Waals surface area contributed by atoms with Gasteiger partial charge in [-0.25, -0.2) is 8.42 Å². The van der Waals surface area contributed by atoms with Gasteiger partial charge in [0, 0.05) is 24.3 Å². The molecule has 1 aromatic heterocycles. The zero-order chi connectivity index (χ0) is 25.6. The van der Waals surface area contributed by atoms with Crippen LogP contribution in [0.4, 0.5) is 10.8 Å². The van der Waals surface area contributed by atoms with Gasteiger partial charge in [-0.05, 0) is 61.4 Å². The molecule has 0 unspecified atom stereocenters. The quantitative estimate of drug-likeness (QED) is 0.296. The molecule has 12 heteroatoms. The normalized spacial score (nSPS) is 11.5. The predicted molar refractivity (Wildman–Crippen MR) is 140 cm³/mol. The molecule has 0 spiro atoms. The summed E-state index contributed by atoms with van der Waals surface area (Å²) in [5, 5.41) is 13.8. The summed E-state index contributed by atoms with van der Waals surface area (Å²) < 4.78 is 27.1. The van der Waals surface area contributed by atoms with E-state index in [1.54, 1.807) is 13.8 Å². The van der Waals surface area contributed by atoms with Crippen molar-refractivity contribution in [2.45, 2.75) is 36.9 Å². The summed E-state index contributed by atoms with van der Waals surface area (Å²) in [6.07, 6.45) is 0. The molecule has 2 amide bonds. The molecule has 0 aliphatic heterocycles. The maximum Gasteiger partial charge on any atom is 0.257 e. The van der Waals surface area contributed by atoms with Crippen LogP contribution in [0.25, 0.3) is 0 Å². The van der Waals surface area contributed by atoms with Crippen molar-refractivity contribution in [3.8, 4) is 0 Å². The highest BCUT2D eigenvalue weighted by molar-refractivity contribution is 8.01. The van der Waals surface area contributed by atoms with Crippen LogP contribution in [0.15, 0.2) is 51.7 Å². The first-order valence-corrected chi connectivity index (χ1v) is 14.1. The molecular weight excluding hydrogens is 506 g/mol. The Kier molecular flexibility index (Phi) is 9.00. The minimum atomic E-state index is -3.59. The number of aromatic nitrogens is 2. The van der Waals surface area contributed by atoms with Gasteiger partial charge in [0.2, 0.25) is 21.1 Å². The highest BCUT2D eigenvalue weighted by Crippen LogP contribution is 2.26. The van der Waals surface area contributed by atoms with Gasteiger partial charge in [0.25, 0.3) is 5.91 Å². The molecule has 0 aliphatic rings. The number of nitrogens with zero attached hydrogens (tertiary/aromatic N) is 3. The summed E-state index contributed by atoms with van der Waals surface area (Å²) >= 11 is 2.37. The molecule has 1 heterocycles. The number of thioether (sulfide) groups is 1. The number of amides is 2. The Bertz CT molecular complexity index is 1280. The number of hydrogen-bond acceptors (Lipinski definition) is 8. The number of sulfonamides is 1. The van der Waals surface area contributed by atoms with E-state index >= 15 is 0 Å². The number of benzene rings is 2. The van der Waals surface area contributed by atoms with Crippen molar-refractivity contribution in [3.63, 3.8) is 0 Å². The Morgan fingerprint density at radius 3 is 2.20 bits per heavy atom. The van der Waals surface area contributed by atoms with E-state index in [2.05, 4.69) is 20.8 Å². The summed E-state index contributed by atoms with van der Waals surface area (Å²) in [4.78, 5) is 24.9. The number of nitrogens with one attached hydrogen (secondary N) is 2. The lowest BCUT2D eigenvalue weighted by molar-refractivity contribution is -0.113. The molecule has 0 saturated heterocycles. The third kappa shape index (κ3) is 7.10. The highest BCUT2D eigenvalue weighted by atomic mass is 32.2. The molecule has 0 saturated carbocycles. The van der Waals surface area contributed by atoms with Crippen molar-refractivity contribution >= 4 is 55.8 Å². The lowest BCUT2D eigenvalue weighted by atomic mass is 10.1. The van der Waals surface area contributed by atoms with Gasteiger partial charge in [0.15, 0.2) is 4.34 Å². The van der Waals surface area contributed by atoms with E-state index in [1.807, 2.05) is 32.0 Å². The van der Waals surface area contributed by atoms with Crippen molar-refractivity contribution in [2.24, 2.45) is 0 Å². The summed E-state index contributed by atoms with van der Waals surface area (Å²) in [5.74, 6) is -0.449. The van der Waals surface area contributed by atoms with E-state index in [1.165, 1.54) is 40.3 Å². The monoisotopic (exact) mass is 533 g/mol. The Morgan fingerprint density at radius 2 is 1.60 bits per heavy atom. The zero-order valence-electron chi connectivity index (χ0n) is 19.9. The van der Waals surface area contributed by atoms with Gasteiger partial charge in [-0.3, -0.25) is 14.9 Å². The standard InChI is InChI=1S/C23H27N5O4S3/c1-5-28(6-2)35(31,32)19-9-7-17(8-10-19)21(30)25-22-26-27-23(34-22)33-14-20(29)24-18-12-15(3)11-16(4)13-18/h7-13H,5-6,14H2,1-4H3,(H,24,29)(H,25,26,30). The first-order chi connectivity index (χ1) is 16.6. The maximum atomic E-state index is 12.6. The van der Waals surface area contributed by atoms with Crippen molar-refractivity contribution in [3.05, 3.63) is 59.2 Å². The fourth-order valence-corrected chi connectivity index (χ4v) is 6.35. The molecule has 35 heavy (non-hydrogen) atoms. The minimum Gasteiger partial charge on any atom is -0.325 e. The molecule has 9 nitrogen and oxygen atoms in total. The lowest BCUT2D eigenvalue weighted by Crippen LogP contribution is -2.30. The van der Waals surface area contributed by atoms with Crippen LogP contribution in [-0.2, 0) is 14.8 Å². The topological polar surface area (TPSA) is 121 Å². The SMILES string of the molecule is CCN(CC)S(=O)(=O)c1ccc(C(=O)Nc2nnc(SCC(=O)Nc3cc(C)cc(C)c3)s2)cc1. The second kappa shape index (κ2) is 11.8. The molecule has 0 aliphatic carbocycles. The Morgan fingerprint density at radius 1 is 0.971 bits per heavy atom. The molecule has 186 valence electrons. The number of carbonyl (C=O) groups excluding carboxylic acids is 2. The first-order valence-electron chi connectivity index (χ1n) is 10.9. The van der Waals surface area contributed by atoms with Gasteiger partial charge >= 0.3 is 0 Å². The first kappa shape index (κ1) is 26.8. The third-order valence-corrected chi connectivity index (χ3v) is 8.95. The fraction of sp³-hybridized carbons (Fsp3) is 0.304. The van der Waals surface area contributed by atoms with Crippen molar-refractivity contribution in [1.29, 1.82) is 0 Å². The molecular formula is C23H27N5O4S3. The second-order valence-electron chi connectivity index (χ2n) is 7.65. The largest absolute Gasteiger partial charge is 0.325 e. The lowest BCUT2D eigenvalue weighted by Gasteiger charge is -2.18. The van der Waals surface area contributed by atoms with Crippen LogP contribution in [0.2, 0.25) is 0 Å². The average molecular weight is 534 g/mol. The number of carbonyl (C=O) groups is 2. The second-order valence-corrected chi connectivity index (χ2v) is 11.8. The number of aryl methyl sites for hydroxylation is 2. The van der Waals surface area contributed by atoms with Crippen LogP contribution in [0, 0.1) is 13.8 Å². The predicted octanol–water partition coefficient (Wildman–Crippen LogP) is 4.17. The Hall–Kier alpha value is -2.80. The summed E-state index contributed by atoms with van der Waals surface area (Å²) in [5.41, 5.74) is 3.17. The van der Waals surface area contributed by atoms with Crippen LogP contribution in [0.3, 0.4) is 0 Å². The summed E-state index contributed by atoms with van der Waals surface area (Å²) in [7, 11) is -3.59. The van der Waals surface area contributed by atoms with E-state index in [0.29, 0.717) is 23.0 Å². The van der Waals surface area contributed by atoms with E-state index in [4.69, 9.17) is 0 Å². The number of hydrogen-bond donors (Lipinski definition) is 2. The molecule has 3 rings (SSSR count). The van der Waals surface area contributed by atoms with Gasteiger partial charge in [-0.15, -0.1) is 10.2 Å². The molecule has 3 aromatic rings. The Balaban J connectivity index is 1.55. The van der Waals surface area contributed by atoms with E-state index in [0.717, 1.165) is 28.2 Å². The van der Waals surface area contributed by atoms with Crippen LogP contribution in [0.5, 0.6) is 0 Å². The van der Waals surface area contributed by atoms with E-state index in [-0.39, 0.29) is 21.7 Å². The summed E-state index contributed by atoms with van der Waals surface area (Å²) in [6, 6.07) is 11.6. The smallest absolute Gasteiger partial charge is 0.257 e. The zero-order valence-corrected chi connectivity index (χ0v) is 22.3. The molecule has 0 fully saturated rings. The number of rotatable bonds is 10. The van der Waals surface area contributed by atoms with E-state index in [9.17, 15) is 18.0 Å². The average Bonchev–Trinajstić information content (AvgIpc) is 3.25. The van der Waals surface area contributed by atoms with Gasteiger partial charge in [-0.1, -0.05) is 43.0 Å². The molecule has 0 bridgehead atoms. The van der Waals surface area contributed by atoms with E-state index < -0.39 is 15.9 Å². The van der Waals surface area contributed by atoms with Gasteiger partial charge in [-0.2, -0.15) is 4.31 Å².